The average Bonchev–Trinajstić information content (AvgIpc) is 2.45. The molecule has 2 rings (SSSR count). The van der Waals surface area contributed by atoms with Gasteiger partial charge >= 0.3 is 0 Å². The van der Waals surface area contributed by atoms with Gasteiger partial charge in [0.15, 0.2) is 5.75 Å². The van der Waals surface area contributed by atoms with Crippen LogP contribution in [0.3, 0.4) is 0 Å². The monoisotopic (exact) mass is 331 g/mol. The molecular formula is C13H15Cl2N3O3. The number of phenols is 1. The SMILES string of the molecule is O=C(CN1CCOCC1)NN=Cc1cc(Cl)c(O)c(Cl)c1. The predicted octanol–water partition coefficient (Wildman–Crippen LogP) is 1.48. The molecule has 0 aromatic heterocycles. The Labute approximate surface area is 132 Å². The van der Waals surface area contributed by atoms with E-state index in [1.54, 1.807) is 0 Å². The molecule has 0 saturated carbocycles. The van der Waals surface area contributed by atoms with Crippen molar-refractivity contribution in [3.63, 3.8) is 0 Å². The molecule has 1 amide bonds. The van der Waals surface area contributed by atoms with E-state index in [1.165, 1.54) is 18.3 Å². The molecule has 1 fully saturated rings. The van der Waals surface area contributed by atoms with Crippen LogP contribution in [0.15, 0.2) is 17.2 Å². The first-order valence-corrected chi connectivity index (χ1v) is 7.12. The third-order valence-electron chi connectivity index (χ3n) is 2.91. The number of phenolic OH excluding ortho intramolecular Hbond substituents is 1. The Morgan fingerprint density at radius 3 is 2.62 bits per heavy atom. The Balaban J connectivity index is 1.85. The van der Waals surface area contributed by atoms with Crippen molar-refractivity contribution < 1.29 is 14.6 Å². The van der Waals surface area contributed by atoms with Crippen LogP contribution in [0.1, 0.15) is 5.56 Å². The highest BCUT2D eigenvalue weighted by Crippen LogP contribution is 2.32. The van der Waals surface area contributed by atoms with E-state index in [4.69, 9.17) is 27.9 Å². The summed E-state index contributed by atoms with van der Waals surface area (Å²) in [7, 11) is 0. The third kappa shape index (κ3) is 4.86. The van der Waals surface area contributed by atoms with Gasteiger partial charge in [0.1, 0.15) is 0 Å². The molecule has 2 N–H and O–H groups in total. The number of carbonyl (C=O) groups excluding carboxylic acids is 1. The molecule has 1 aromatic carbocycles. The number of morpholine rings is 1. The first-order valence-electron chi connectivity index (χ1n) is 6.36. The predicted molar refractivity (Wildman–Crippen MR) is 81.1 cm³/mol. The van der Waals surface area contributed by atoms with Crippen LogP contribution in [0.4, 0.5) is 0 Å². The number of ether oxygens (including phenoxy) is 1. The summed E-state index contributed by atoms with van der Waals surface area (Å²) in [5.41, 5.74) is 3.01. The minimum absolute atomic E-state index is 0.128. The second-order valence-corrected chi connectivity index (χ2v) is 5.33. The number of hydrazone groups is 1. The number of aromatic hydroxyl groups is 1. The van der Waals surface area contributed by atoms with Crippen LogP contribution in [-0.4, -0.2) is 55.0 Å². The lowest BCUT2D eigenvalue weighted by molar-refractivity contribution is -0.123. The van der Waals surface area contributed by atoms with Crippen molar-refractivity contribution in [3.8, 4) is 5.75 Å². The normalized spacial score (nSPS) is 16.3. The van der Waals surface area contributed by atoms with Gasteiger partial charge in [-0.1, -0.05) is 23.2 Å². The van der Waals surface area contributed by atoms with Crippen LogP contribution in [0.25, 0.3) is 0 Å². The molecule has 1 aliphatic rings. The Morgan fingerprint density at radius 1 is 1.38 bits per heavy atom. The summed E-state index contributed by atoms with van der Waals surface area (Å²) in [6.07, 6.45) is 1.41. The van der Waals surface area contributed by atoms with Crippen LogP contribution in [0.2, 0.25) is 10.0 Å². The first-order chi connectivity index (χ1) is 10.1. The molecule has 21 heavy (non-hydrogen) atoms. The van der Waals surface area contributed by atoms with Crippen LogP contribution < -0.4 is 5.43 Å². The fourth-order valence-corrected chi connectivity index (χ4v) is 2.34. The Kier molecular flexibility index (Phi) is 5.81. The lowest BCUT2D eigenvalue weighted by Crippen LogP contribution is -2.42. The Hall–Kier alpha value is -1.34. The van der Waals surface area contributed by atoms with E-state index in [9.17, 15) is 9.90 Å². The molecule has 0 aliphatic carbocycles. The number of carbonyl (C=O) groups is 1. The molecule has 0 bridgehead atoms. The standard InChI is InChI=1S/C13H15Cl2N3O3/c14-10-5-9(6-11(15)13(10)20)7-16-17-12(19)8-18-1-3-21-4-2-18/h5-7,20H,1-4,8H2,(H,17,19). The first kappa shape index (κ1) is 16.0. The summed E-state index contributed by atoms with van der Waals surface area (Å²) in [4.78, 5) is 13.7. The molecule has 1 aliphatic heterocycles. The van der Waals surface area contributed by atoms with E-state index in [0.29, 0.717) is 18.8 Å². The van der Waals surface area contributed by atoms with Gasteiger partial charge in [0, 0.05) is 13.1 Å². The van der Waals surface area contributed by atoms with Gasteiger partial charge in [-0.2, -0.15) is 5.10 Å². The van der Waals surface area contributed by atoms with Gasteiger partial charge in [-0.15, -0.1) is 0 Å². The summed E-state index contributed by atoms with van der Waals surface area (Å²) in [6.45, 7) is 3.03. The van der Waals surface area contributed by atoms with Gasteiger partial charge < -0.3 is 9.84 Å². The molecule has 1 saturated heterocycles. The second kappa shape index (κ2) is 7.61. The van der Waals surface area contributed by atoms with E-state index < -0.39 is 0 Å². The van der Waals surface area contributed by atoms with Gasteiger partial charge in [0.2, 0.25) is 0 Å². The van der Waals surface area contributed by atoms with Crippen molar-refractivity contribution in [2.24, 2.45) is 5.10 Å². The second-order valence-electron chi connectivity index (χ2n) is 4.51. The maximum Gasteiger partial charge on any atom is 0.254 e. The average molecular weight is 332 g/mol. The van der Waals surface area contributed by atoms with Crippen molar-refractivity contribution in [1.82, 2.24) is 10.3 Å². The molecule has 114 valence electrons. The highest BCUT2D eigenvalue weighted by atomic mass is 35.5. The van der Waals surface area contributed by atoms with Crippen LogP contribution in [0.5, 0.6) is 5.75 Å². The van der Waals surface area contributed by atoms with E-state index in [-0.39, 0.29) is 28.2 Å². The number of hydrogen-bond donors (Lipinski definition) is 2. The number of benzene rings is 1. The maximum atomic E-state index is 11.7. The fraction of sp³-hybridized carbons (Fsp3) is 0.385. The molecule has 0 spiro atoms. The Morgan fingerprint density at radius 2 is 2.00 bits per heavy atom. The zero-order valence-corrected chi connectivity index (χ0v) is 12.7. The molecule has 1 aromatic rings. The quantitative estimate of drug-likeness (QED) is 0.647. The highest BCUT2D eigenvalue weighted by molar-refractivity contribution is 6.37. The number of halogens is 2. The van der Waals surface area contributed by atoms with Crippen molar-refractivity contribution in [2.75, 3.05) is 32.8 Å². The molecule has 0 radical (unpaired) electrons. The van der Waals surface area contributed by atoms with Crippen molar-refractivity contribution in [2.45, 2.75) is 0 Å². The largest absolute Gasteiger partial charge is 0.505 e. The van der Waals surface area contributed by atoms with Gasteiger partial charge in [-0.25, -0.2) is 5.43 Å². The molecule has 6 nitrogen and oxygen atoms in total. The lowest BCUT2D eigenvalue weighted by Gasteiger charge is -2.25. The smallest absolute Gasteiger partial charge is 0.254 e. The summed E-state index contributed by atoms with van der Waals surface area (Å²) in [6, 6.07) is 3.00. The lowest BCUT2D eigenvalue weighted by atomic mass is 10.2. The third-order valence-corrected chi connectivity index (χ3v) is 3.49. The maximum absolute atomic E-state index is 11.7. The van der Waals surface area contributed by atoms with Crippen LogP contribution in [-0.2, 0) is 9.53 Å². The number of nitrogens with zero attached hydrogens (tertiary/aromatic N) is 2. The van der Waals surface area contributed by atoms with E-state index in [0.717, 1.165) is 13.1 Å². The molecule has 0 unspecified atom stereocenters. The van der Waals surface area contributed by atoms with Gasteiger partial charge in [-0.3, -0.25) is 9.69 Å². The van der Waals surface area contributed by atoms with Crippen molar-refractivity contribution in [1.29, 1.82) is 0 Å². The summed E-state index contributed by atoms with van der Waals surface area (Å²) in [5.74, 6) is -0.379. The summed E-state index contributed by atoms with van der Waals surface area (Å²) < 4.78 is 5.20. The molecule has 1 heterocycles. The van der Waals surface area contributed by atoms with E-state index >= 15 is 0 Å². The highest BCUT2D eigenvalue weighted by Gasteiger charge is 2.13. The number of hydrogen-bond acceptors (Lipinski definition) is 5. The molecule has 0 atom stereocenters. The van der Waals surface area contributed by atoms with E-state index in [2.05, 4.69) is 10.5 Å². The van der Waals surface area contributed by atoms with Crippen LogP contribution >= 0.6 is 23.2 Å². The fourth-order valence-electron chi connectivity index (χ4n) is 1.84. The van der Waals surface area contributed by atoms with Crippen molar-refractivity contribution in [3.05, 3.63) is 27.7 Å². The number of nitrogens with one attached hydrogen (secondary N) is 1. The summed E-state index contributed by atoms with van der Waals surface area (Å²) in [5, 5.41) is 13.5. The number of amides is 1. The topological polar surface area (TPSA) is 74.2 Å². The zero-order chi connectivity index (χ0) is 15.2. The minimum Gasteiger partial charge on any atom is -0.505 e. The molecular weight excluding hydrogens is 317 g/mol. The molecule has 8 heteroatoms. The van der Waals surface area contributed by atoms with E-state index in [1.807, 2.05) is 4.90 Å². The zero-order valence-electron chi connectivity index (χ0n) is 11.2. The Bertz CT molecular complexity index is 522. The van der Waals surface area contributed by atoms with Gasteiger partial charge in [0.25, 0.3) is 5.91 Å². The van der Waals surface area contributed by atoms with Gasteiger partial charge in [0.05, 0.1) is 36.0 Å². The van der Waals surface area contributed by atoms with Crippen LogP contribution in [0, 0.1) is 0 Å². The number of rotatable bonds is 4. The van der Waals surface area contributed by atoms with Crippen molar-refractivity contribution >= 4 is 35.3 Å². The summed E-state index contributed by atoms with van der Waals surface area (Å²) >= 11 is 11.6. The van der Waals surface area contributed by atoms with Gasteiger partial charge in [-0.05, 0) is 17.7 Å². The minimum atomic E-state index is -0.205.